The molecule has 0 aromatic carbocycles. The number of carbonyl (C=O) groups is 1. The highest BCUT2D eigenvalue weighted by atomic mass is 16.1. The Kier molecular flexibility index (Phi) is 3.38. The molecule has 0 unspecified atom stereocenters. The first kappa shape index (κ1) is 11.6. The third-order valence-corrected chi connectivity index (χ3v) is 3.11. The maximum Gasteiger partial charge on any atom is 0.151 e. The number of rotatable bonds is 4. The molecule has 2 rings (SSSR count). The van der Waals surface area contributed by atoms with Crippen molar-refractivity contribution in [2.45, 2.75) is 26.8 Å². The van der Waals surface area contributed by atoms with Crippen molar-refractivity contribution in [3.8, 4) is 0 Å². The Labute approximate surface area is 101 Å². The first-order valence-corrected chi connectivity index (χ1v) is 5.73. The molecule has 0 spiro atoms. The molecule has 2 heterocycles. The van der Waals surface area contributed by atoms with Gasteiger partial charge in [-0.2, -0.15) is 0 Å². The van der Waals surface area contributed by atoms with Crippen molar-refractivity contribution in [1.29, 1.82) is 0 Å². The van der Waals surface area contributed by atoms with Gasteiger partial charge in [0.2, 0.25) is 0 Å². The minimum absolute atomic E-state index is 0.789. The third kappa shape index (κ3) is 2.44. The van der Waals surface area contributed by atoms with Gasteiger partial charge in [0.15, 0.2) is 6.29 Å². The smallest absolute Gasteiger partial charge is 0.151 e. The summed E-state index contributed by atoms with van der Waals surface area (Å²) >= 11 is 0. The molecule has 0 radical (unpaired) electrons. The van der Waals surface area contributed by atoms with Crippen molar-refractivity contribution in [1.82, 2.24) is 9.55 Å². The van der Waals surface area contributed by atoms with Gasteiger partial charge in [-0.15, -0.1) is 0 Å². The number of hydrogen-bond donors (Lipinski definition) is 0. The summed E-state index contributed by atoms with van der Waals surface area (Å²) in [6.45, 7) is 4.92. The zero-order valence-electron chi connectivity index (χ0n) is 10.2. The van der Waals surface area contributed by atoms with E-state index in [1.807, 2.05) is 44.4 Å². The van der Waals surface area contributed by atoms with Gasteiger partial charge < -0.3 is 4.57 Å². The number of pyridine rings is 1. The van der Waals surface area contributed by atoms with Crippen LogP contribution in [0.3, 0.4) is 0 Å². The quantitative estimate of drug-likeness (QED) is 0.754. The van der Waals surface area contributed by atoms with Crippen LogP contribution in [0.1, 0.15) is 27.3 Å². The Morgan fingerprint density at radius 2 is 2.00 bits per heavy atom. The van der Waals surface area contributed by atoms with Crippen molar-refractivity contribution in [2.24, 2.45) is 0 Å². The molecule has 0 aliphatic carbocycles. The van der Waals surface area contributed by atoms with Gasteiger partial charge in [-0.1, -0.05) is 0 Å². The summed E-state index contributed by atoms with van der Waals surface area (Å²) in [5.74, 6) is 0. The Hall–Kier alpha value is -1.90. The van der Waals surface area contributed by atoms with E-state index >= 15 is 0 Å². The molecule has 2 aromatic heterocycles. The summed E-state index contributed by atoms with van der Waals surface area (Å²) in [4.78, 5) is 14.8. The molecular formula is C14H16N2O. The van der Waals surface area contributed by atoms with Crippen molar-refractivity contribution in [3.05, 3.63) is 53.1 Å². The van der Waals surface area contributed by atoms with Crippen LogP contribution < -0.4 is 0 Å². The summed E-state index contributed by atoms with van der Waals surface area (Å²) in [5, 5.41) is 0. The van der Waals surface area contributed by atoms with E-state index in [1.54, 1.807) is 0 Å². The monoisotopic (exact) mass is 228 g/mol. The van der Waals surface area contributed by atoms with E-state index in [9.17, 15) is 4.79 Å². The highest BCUT2D eigenvalue weighted by molar-refractivity contribution is 5.77. The Balaban J connectivity index is 2.14. The Morgan fingerprint density at radius 3 is 2.59 bits per heavy atom. The second-order valence-corrected chi connectivity index (χ2v) is 4.20. The number of aryl methyl sites for hydroxylation is 2. The lowest BCUT2D eigenvalue weighted by atomic mass is 10.2. The molecule has 0 aliphatic heterocycles. The molecule has 0 saturated heterocycles. The Morgan fingerprint density at radius 1 is 1.29 bits per heavy atom. The number of hydrogen-bond acceptors (Lipinski definition) is 2. The maximum absolute atomic E-state index is 10.8. The zero-order valence-corrected chi connectivity index (χ0v) is 10.2. The fourth-order valence-electron chi connectivity index (χ4n) is 2.08. The number of nitrogens with zero attached hydrogens (tertiary/aromatic N) is 2. The van der Waals surface area contributed by atoms with Crippen LogP contribution in [0.15, 0.2) is 30.6 Å². The Bertz CT molecular complexity index is 515. The predicted octanol–water partition coefficient (Wildman–Crippen LogP) is 2.56. The summed E-state index contributed by atoms with van der Waals surface area (Å²) < 4.78 is 2.18. The first-order valence-electron chi connectivity index (χ1n) is 5.73. The predicted molar refractivity (Wildman–Crippen MR) is 67.2 cm³/mol. The van der Waals surface area contributed by atoms with E-state index in [2.05, 4.69) is 9.55 Å². The zero-order chi connectivity index (χ0) is 12.3. The highest BCUT2D eigenvalue weighted by Crippen LogP contribution is 2.14. The number of aromatic nitrogens is 2. The maximum atomic E-state index is 10.8. The van der Waals surface area contributed by atoms with Crippen molar-refractivity contribution in [2.75, 3.05) is 0 Å². The van der Waals surface area contributed by atoms with Crippen LogP contribution in [0.4, 0.5) is 0 Å². The van der Waals surface area contributed by atoms with Gasteiger partial charge in [-0.3, -0.25) is 9.78 Å². The summed E-state index contributed by atoms with van der Waals surface area (Å²) in [5.41, 5.74) is 4.24. The van der Waals surface area contributed by atoms with Crippen LogP contribution in [-0.2, 0) is 13.0 Å². The molecule has 0 amide bonds. The molecule has 0 bridgehead atoms. The van der Waals surface area contributed by atoms with Crippen LogP contribution >= 0.6 is 0 Å². The topological polar surface area (TPSA) is 34.9 Å². The molecule has 88 valence electrons. The number of aldehydes is 1. The van der Waals surface area contributed by atoms with Gasteiger partial charge in [0.25, 0.3) is 0 Å². The van der Waals surface area contributed by atoms with Gasteiger partial charge in [0, 0.05) is 35.9 Å². The summed E-state index contributed by atoms with van der Waals surface area (Å²) in [6.07, 6.45) is 5.49. The van der Waals surface area contributed by atoms with Gasteiger partial charge in [-0.25, -0.2) is 0 Å². The molecule has 3 heteroatoms. The molecule has 17 heavy (non-hydrogen) atoms. The van der Waals surface area contributed by atoms with E-state index in [-0.39, 0.29) is 0 Å². The normalized spacial score (nSPS) is 10.5. The molecular weight excluding hydrogens is 212 g/mol. The van der Waals surface area contributed by atoms with Crippen LogP contribution in [0.25, 0.3) is 0 Å². The van der Waals surface area contributed by atoms with Crippen molar-refractivity contribution in [3.63, 3.8) is 0 Å². The van der Waals surface area contributed by atoms with Crippen LogP contribution in [-0.4, -0.2) is 15.8 Å². The molecule has 0 atom stereocenters. The van der Waals surface area contributed by atoms with Crippen LogP contribution in [0, 0.1) is 13.8 Å². The highest BCUT2D eigenvalue weighted by Gasteiger charge is 2.07. The lowest BCUT2D eigenvalue weighted by molar-refractivity contribution is 0.112. The molecule has 0 aliphatic rings. The summed E-state index contributed by atoms with van der Waals surface area (Å²) in [6, 6.07) is 5.98. The van der Waals surface area contributed by atoms with E-state index < -0.39 is 0 Å². The molecule has 0 saturated carbocycles. The SMILES string of the molecule is Cc1cc(C=O)c(C)n1CCc1ccncc1. The number of carbonyl (C=O) groups excluding carboxylic acids is 1. The third-order valence-electron chi connectivity index (χ3n) is 3.11. The fourth-order valence-corrected chi connectivity index (χ4v) is 2.08. The van der Waals surface area contributed by atoms with E-state index in [0.29, 0.717) is 0 Å². The molecule has 0 N–H and O–H groups in total. The van der Waals surface area contributed by atoms with E-state index in [4.69, 9.17) is 0 Å². The van der Waals surface area contributed by atoms with Gasteiger partial charge in [-0.05, 0) is 44.0 Å². The van der Waals surface area contributed by atoms with Crippen molar-refractivity contribution < 1.29 is 4.79 Å². The minimum Gasteiger partial charge on any atom is -0.348 e. The molecule has 2 aromatic rings. The van der Waals surface area contributed by atoms with E-state index in [1.165, 1.54) is 5.56 Å². The van der Waals surface area contributed by atoms with E-state index in [0.717, 1.165) is 36.2 Å². The first-order chi connectivity index (χ1) is 8.22. The molecule has 3 nitrogen and oxygen atoms in total. The largest absolute Gasteiger partial charge is 0.348 e. The van der Waals surface area contributed by atoms with Crippen LogP contribution in [0.2, 0.25) is 0 Å². The minimum atomic E-state index is 0.789. The second kappa shape index (κ2) is 4.95. The fraction of sp³-hybridized carbons (Fsp3) is 0.286. The van der Waals surface area contributed by atoms with Crippen LogP contribution in [0.5, 0.6) is 0 Å². The van der Waals surface area contributed by atoms with Crippen molar-refractivity contribution >= 4 is 6.29 Å². The lowest BCUT2D eigenvalue weighted by Crippen LogP contribution is -2.05. The standard InChI is InChI=1S/C14H16N2O/c1-11-9-14(10-17)12(2)16(11)8-5-13-3-6-15-7-4-13/h3-4,6-7,9-10H,5,8H2,1-2H3. The van der Waals surface area contributed by atoms with Gasteiger partial charge in [0.05, 0.1) is 0 Å². The summed E-state index contributed by atoms with van der Waals surface area (Å²) in [7, 11) is 0. The van der Waals surface area contributed by atoms with Gasteiger partial charge in [0.1, 0.15) is 0 Å². The second-order valence-electron chi connectivity index (χ2n) is 4.20. The van der Waals surface area contributed by atoms with Gasteiger partial charge >= 0.3 is 0 Å². The average molecular weight is 228 g/mol. The molecule has 0 fully saturated rings. The average Bonchev–Trinajstić information content (AvgIpc) is 2.63. The lowest BCUT2D eigenvalue weighted by Gasteiger charge is -2.09.